The predicted molar refractivity (Wildman–Crippen MR) is 59.6 cm³/mol. The number of ether oxygens (including phenoxy) is 1. The van der Waals surface area contributed by atoms with Crippen LogP contribution in [0.1, 0.15) is 34.1 Å². The molecule has 1 aliphatic rings. The molecule has 96 valence electrons. The van der Waals surface area contributed by atoms with Crippen molar-refractivity contribution < 1.29 is 24.3 Å². The summed E-state index contributed by atoms with van der Waals surface area (Å²) >= 11 is 0. The van der Waals surface area contributed by atoms with Crippen molar-refractivity contribution >= 4 is 17.7 Å². The fraction of sp³-hybridized carbons (Fsp3) is 0.727. The Labute approximate surface area is 99.6 Å². The molecule has 6 heteroatoms. The summed E-state index contributed by atoms with van der Waals surface area (Å²) in [6.07, 6.45) is 0.223. The molecule has 0 bridgehead atoms. The topological polar surface area (TPSA) is 85.2 Å². The lowest BCUT2D eigenvalue weighted by molar-refractivity contribution is -0.151. The lowest BCUT2D eigenvalue weighted by Gasteiger charge is -2.24. The van der Waals surface area contributed by atoms with Crippen molar-refractivity contribution in [2.24, 2.45) is 10.6 Å². The van der Waals surface area contributed by atoms with E-state index < -0.39 is 23.0 Å². The fourth-order valence-electron chi connectivity index (χ4n) is 1.51. The van der Waals surface area contributed by atoms with Crippen molar-refractivity contribution in [3.63, 3.8) is 0 Å². The van der Waals surface area contributed by atoms with Gasteiger partial charge in [-0.25, -0.2) is 4.79 Å². The number of aliphatic carboxylic acids is 1. The number of carboxylic acids is 1. The number of carbonyl (C=O) groups is 2. The molecule has 1 atom stereocenters. The number of oxime groups is 1. The highest BCUT2D eigenvalue weighted by Crippen LogP contribution is 2.31. The van der Waals surface area contributed by atoms with E-state index in [9.17, 15) is 14.7 Å². The Kier molecular flexibility index (Phi) is 3.45. The summed E-state index contributed by atoms with van der Waals surface area (Å²) in [4.78, 5) is 27.9. The maximum absolute atomic E-state index is 11.8. The third-order valence-corrected chi connectivity index (χ3v) is 2.53. The van der Waals surface area contributed by atoms with Gasteiger partial charge in [0.25, 0.3) is 0 Å². The van der Waals surface area contributed by atoms with Crippen LogP contribution in [0.15, 0.2) is 5.16 Å². The molecule has 0 fully saturated rings. The van der Waals surface area contributed by atoms with Gasteiger partial charge >= 0.3 is 11.9 Å². The monoisotopic (exact) mass is 243 g/mol. The predicted octanol–water partition coefficient (Wildman–Crippen LogP) is 1.20. The molecule has 1 unspecified atom stereocenters. The number of hydrogen-bond acceptors (Lipinski definition) is 5. The Morgan fingerprint density at radius 2 is 2.12 bits per heavy atom. The van der Waals surface area contributed by atoms with Crippen molar-refractivity contribution in [3.05, 3.63) is 0 Å². The molecule has 1 rings (SSSR count). The quantitative estimate of drug-likeness (QED) is 0.752. The molecule has 0 amide bonds. The molecule has 0 saturated heterocycles. The van der Waals surface area contributed by atoms with Crippen LogP contribution in [0.4, 0.5) is 0 Å². The van der Waals surface area contributed by atoms with Crippen LogP contribution in [-0.2, 0) is 19.2 Å². The number of nitrogens with zero attached hydrogens (tertiary/aromatic N) is 1. The summed E-state index contributed by atoms with van der Waals surface area (Å²) < 4.78 is 5.12. The highest BCUT2D eigenvalue weighted by molar-refractivity contribution is 6.42. The minimum atomic E-state index is -1.39. The van der Waals surface area contributed by atoms with Crippen LogP contribution in [0.3, 0.4) is 0 Å². The van der Waals surface area contributed by atoms with Crippen LogP contribution in [0.5, 0.6) is 0 Å². The molecular formula is C11H17NO5. The van der Waals surface area contributed by atoms with Crippen LogP contribution in [-0.4, -0.2) is 35.0 Å². The zero-order valence-corrected chi connectivity index (χ0v) is 10.4. The molecule has 0 aromatic rings. The SMILES string of the molecule is CCC1(C(=O)O)CON=C1C(=O)OC(C)(C)C. The second kappa shape index (κ2) is 4.35. The van der Waals surface area contributed by atoms with Gasteiger partial charge in [0.05, 0.1) is 0 Å². The van der Waals surface area contributed by atoms with Crippen molar-refractivity contribution in [2.75, 3.05) is 6.61 Å². The fourth-order valence-corrected chi connectivity index (χ4v) is 1.51. The first-order valence-corrected chi connectivity index (χ1v) is 5.40. The first-order valence-electron chi connectivity index (χ1n) is 5.40. The Balaban J connectivity index is 2.97. The van der Waals surface area contributed by atoms with Gasteiger partial charge < -0.3 is 14.7 Å². The highest BCUT2D eigenvalue weighted by Gasteiger charge is 2.51. The van der Waals surface area contributed by atoms with E-state index >= 15 is 0 Å². The Bertz CT molecular complexity index is 369. The summed E-state index contributed by atoms with van der Waals surface area (Å²) in [5, 5.41) is 12.7. The van der Waals surface area contributed by atoms with Gasteiger partial charge in [-0.15, -0.1) is 0 Å². The van der Waals surface area contributed by atoms with Gasteiger partial charge in [0.15, 0.2) is 11.1 Å². The molecule has 0 aromatic carbocycles. The minimum absolute atomic E-state index is 0.132. The van der Waals surface area contributed by atoms with Crippen molar-refractivity contribution in [1.29, 1.82) is 0 Å². The maximum atomic E-state index is 11.8. The van der Waals surface area contributed by atoms with Gasteiger partial charge in [-0.05, 0) is 27.2 Å². The van der Waals surface area contributed by atoms with Gasteiger partial charge in [-0.3, -0.25) is 4.79 Å². The number of rotatable bonds is 3. The molecular weight excluding hydrogens is 226 g/mol. The van der Waals surface area contributed by atoms with E-state index in [1.54, 1.807) is 27.7 Å². The van der Waals surface area contributed by atoms with E-state index in [1.807, 2.05) is 0 Å². The van der Waals surface area contributed by atoms with Crippen molar-refractivity contribution in [1.82, 2.24) is 0 Å². The average molecular weight is 243 g/mol. The number of carboxylic acid groups (broad SMARTS) is 1. The summed E-state index contributed by atoms with van der Waals surface area (Å²) in [5.74, 6) is -1.86. The summed E-state index contributed by atoms with van der Waals surface area (Å²) in [6.45, 7) is 6.65. The number of esters is 1. The largest absolute Gasteiger partial charge is 0.480 e. The lowest BCUT2D eigenvalue weighted by Crippen LogP contribution is -2.45. The molecule has 17 heavy (non-hydrogen) atoms. The second-order valence-corrected chi connectivity index (χ2v) is 4.96. The molecule has 0 radical (unpaired) electrons. The van der Waals surface area contributed by atoms with Crippen LogP contribution in [0.25, 0.3) is 0 Å². The molecule has 6 nitrogen and oxygen atoms in total. The van der Waals surface area contributed by atoms with Crippen molar-refractivity contribution in [2.45, 2.75) is 39.7 Å². The van der Waals surface area contributed by atoms with Gasteiger partial charge in [-0.2, -0.15) is 0 Å². The standard InChI is InChI=1S/C11H17NO5/c1-5-11(9(14)15)6-16-12-7(11)8(13)17-10(2,3)4/h5-6H2,1-4H3,(H,14,15). The Hall–Kier alpha value is -1.59. The first kappa shape index (κ1) is 13.5. The summed E-state index contributed by atoms with van der Waals surface area (Å²) in [6, 6.07) is 0. The van der Waals surface area contributed by atoms with E-state index in [0.717, 1.165) is 0 Å². The van der Waals surface area contributed by atoms with Crippen molar-refractivity contribution in [3.8, 4) is 0 Å². The van der Waals surface area contributed by atoms with Crippen LogP contribution < -0.4 is 0 Å². The van der Waals surface area contributed by atoms with E-state index in [0.29, 0.717) is 0 Å². The lowest BCUT2D eigenvalue weighted by atomic mass is 9.81. The molecule has 0 aliphatic carbocycles. The van der Waals surface area contributed by atoms with Gasteiger partial charge in [-0.1, -0.05) is 12.1 Å². The smallest absolute Gasteiger partial charge is 0.357 e. The Morgan fingerprint density at radius 1 is 1.53 bits per heavy atom. The summed E-state index contributed by atoms with van der Waals surface area (Å²) in [5.41, 5.74) is -2.25. The molecule has 1 heterocycles. The van der Waals surface area contributed by atoms with E-state index in [-0.39, 0.29) is 18.7 Å². The highest BCUT2D eigenvalue weighted by atomic mass is 16.6. The van der Waals surface area contributed by atoms with E-state index in [1.165, 1.54) is 0 Å². The first-order chi connectivity index (χ1) is 7.73. The third-order valence-electron chi connectivity index (χ3n) is 2.53. The zero-order valence-electron chi connectivity index (χ0n) is 10.4. The maximum Gasteiger partial charge on any atom is 0.357 e. The molecule has 0 aromatic heterocycles. The third kappa shape index (κ3) is 2.57. The molecule has 1 N–H and O–H groups in total. The van der Waals surface area contributed by atoms with Gasteiger partial charge in [0, 0.05) is 0 Å². The van der Waals surface area contributed by atoms with Gasteiger partial charge in [0.1, 0.15) is 12.2 Å². The second-order valence-electron chi connectivity index (χ2n) is 4.96. The number of hydrogen-bond donors (Lipinski definition) is 1. The molecule has 0 spiro atoms. The minimum Gasteiger partial charge on any atom is -0.480 e. The molecule has 0 saturated carbocycles. The van der Waals surface area contributed by atoms with Crippen LogP contribution >= 0.6 is 0 Å². The van der Waals surface area contributed by atoms with Crippen LogP contribution in [0, 0.1) is 5.41 Å². The average Bonchev–Trinajstić information content (AvgIpc) is 2.59. The van der Waals surface area contributed by atoms with E-state index in [2.05, 4.69) is 5.16 Å². The van der Waals surface area contributed by atoms with Crippen LogP contribution in [0.2, 0.25) is 0 Å². The van der Waals surface area contributed by atoms with Gasteiger partial charge in [0.2, 0.25) is 0 Å². The number of carbonyl (C=O) groups excluding carboxylic acids is 1. The summed E-state index contributed by atoms with van der Waals surface area (Å²) in [7, 11) is 0. The van der Waals surface area contributed by atoms with E-state index in [4.69, 9.17) is 9.57 Å². The zero-order chi connectivity index (χ0) is 13.3. The Morgan fingerprint density at radius 3 is 2.53 bits per heavy atom. The molecule has 1 aliphatic heterocycles. The normalized spacial score (nSPS) is 23.9.